The Morgan fingerprint density at radius 2 is 1.71 bits per heavy atom. The normalized spacial score (nSPS) is 20.8. The lowest BCUT2D eigenvalue weighted by molar-refractivity contribution is 0.160. The quantitative estimate of drug-likeness (QED) is 0.797. The molecule has 110 valence electrons. The van der Waals surface area contributed by atoms with Crippen LogP contribution < -0.4 is 10.5 Å². The molecule has 2 aromatic carbocycles. The first-order valence-electron chi connectivity index (χ1n) is 7.25. The van der Waals surface area contributed by atoms with Gasteiger partial charge in [0, 0.05) is 22.5 Å². The van der Waals surface area contributed by atoms with E-state index in [4.69, 9.17) is 10.5 Å². The number of hydrogen-bond acceptors (Lipinski definition) is 2. The van der Waals surface area contributed by atoms with Gasteiger partial charge in [-0.2, -0.15) is 0 Å². The van der Waals surface area contributed by atoms with Crippen molar-refractivity contribution >= 4 is 15.9 Å². The van der Waals surface area contributed by atoms with E-state index >= 15 is 0 Å². The van der Waals surface area contributed by atoms with Crippen LogP contribution in [0.25, 0.3) is 0 Å². The monoisotopic (exact) mass is 345 g/mol. The van der Waals surface area contributed by atoms with Crippen LogP contribution >= 0.6 is 15.9 Å². The van der Waals surface area contributed by atoms with Gasteiger partial charge >= 0.3 is 0 Å². The molecule has 2 nitrogen and oxygen atoms in total. The minimum absolute atomic E-state index is 0.0212. The predicted octanol–water partition coefficient (Wildman–Crippen LogP) is 4.90. The molecule has 0 saturated carbocycles. The van der Waals surface area contributed by atoms with Gasteiger partial charge in [0.15, 0.2) is 0 Å². The second kappa shape index (κ2) is 5.47. The Morgan fingerprint density at radius 1 is 1.00 bits per heavy atom. The summed E-state index contributed by atoms with van der Waals surface area (Å²) in [6, 6.07) is 10.6. The molecule has 2 N–H and O–H groups in total. The van der Waals surface area contributed by atoms with Gasteiger partial charge in [0.1, 0.15) is 11.9 Å². The fourth-order valence-electron chi connectivity index (χ4n) is 3.00. The molecule has 3 heteroatoms. The molecule has 0 aromatic heterocycles. The summed E-state index contributed by atoms with van der Waals surface area (Å²) < 4.78 is 7.25. The Labute approximate surface area is 134 Å². The van der Waals surface area contributed by atoms with Crippen molar-refractivity contribution in [2.24, 2.45) is 5.73 Å². The van der Waals surface area contributed by atoms with Crippen LogP contribution in [0.4, 0.5) is 0 Å². The van der Waals surface area contributed by atoms with E-state index in [1.54, 1.807) is 0 Å². The van der Waals surface area contributed by atoms with Crippen LogP contribution in [-0.2, 0) is 0 Å². The zero-order chi connectivity index (χ0) is 15.1. The highest BCUT2D eigenvalue weighted by atomic mass is 79.9. The number of hydrogen-bond donors (Lipinski definition) is 1. The van der Waals surface area contributed by atoms with Crippen LogP contribution in [0.15, 0.2) is 34.8 Å². The average Bonchev–Trinajstić information content (AvgIpc) is 2.42. The second-order valence-corrected chi connectivity index (χ2v) is 6.84. The number of nitrogens with two attached hydrogens (primary N) is 1. The number of halogens is 1. The van der Waals surface area contributed by atoms with Crippen molar-refractivity contribution in [3.8, 4) is 5.75 Å². The van der Waals surface area contributed by atoms with E-state index in [-0.39, 0.29) is 12.1 Å². The van der Waals surface area contributed by atoms with Gasteiger partial charge in [-0.05, 0) is 55.2 Å². The molecular formula is C18H20BrNO. The fraction of sp³-hybridized carbons (Fsp3) is 0.333. The van der Waals surface area contributed by atoms with Crippen LogP contribution in [0, 0.1) is 20.8 Å². The summed E-state index contributed by atoms with van der Waals surface area (Å²) in [5.41, 5.74) is 12.6. The number of benzene rings is 2. The summed E-state index contributed by atoms with van der Waals surface area (Å²) in [6.07, 6.45) is 0.846. The summed E-state index contributed by atoms with van der Waals surface area (Å²) in [7, 11) is 0. The van der Waals surface area contributed by atoms with Crippen molar-refractivity contribution in [3.63, 3.8) is 0 Å². The van der Waals surface area contributed by atoms with E-state index in [0.717, 1.165) is 22.2 Å². The summed E-state index contributed by atoms with van der Waals surface area (Å²) >= 11 is 3.50. The lowest BCUT2D eigenvalue weighted by Crippen LogP contribution is -2.24. The van der Waals surface area contributed by atoms with Gasteiger partial charge < -0.3 is 10.5 Å². The summed E-state index contributed by atoms with van der Waals surface area (Å²) in [4.78, 5) is 0. The van der Waals surface area contributed by atoms with Gasteiger partial charge in [0.25, 0.3) is 0 Å². The Morgan fingerprint density at radius 3 is 2.48 bits per heavy atom. The molecule has 2 atom stereocenters. The van der Waals surface area contributed by atoms with Crippen LogP contribution in [0.3, 0.4) is 0 Å². The van der Waals surface area contributed by atoms with Crippen molar-refractivity contribution < 1.29 is 4.74 Å². The topological polar surface area (TPSA) is 35.2 Å². The third-order valence-corrected chi connectivity index (χ3v) is 4.83. The molecule has 1 aliphatic rings. The Kier molecular flexibility index (Phi) is 3.80. The summed E-state index contributed by atoms with van der Waals surface area (Å²) in [5.74, 6) is 0.894. The van der Waals surface area contributed by atoms with E-state index in [1.807, 2.05) is 18.2 Å². The molecule has 0 amide bonds. The largest absolute Gasteiger partial charge is 0.485 e. The van der Waals surface area contributed by atoms with Crippen molar-refractivity contribution in [1.82, 2.24) is 0 Å². The molecule has 0 aliphatic carbocycles. The zero-order valence-corrected chi connectivity index (χ0v) is 14.2. The first kappa shape index (κ1) is 14.6. The van der Waals surface area contributed by atoms with Crippen molar-refractivity contribution in [1.29, 1.82) is 0 Å². The lowest BCUT2D eigenvalue weighted by Gasteiger charge is -2.32. The lowest BCUT2D eigenvalue weighted by atomic mass is 9.90. The Balaban J connectivity index is 2.01. The van der Waals surface area contributed by atoms with Gasteiger partial charge in [-0.25, -0.2) is 0 Å². The maximum atomic E-state index is 6.35. The van der Waals surface area contributed by atoms with E-state index in [2.05, 4.69) is 48.8 Å². The van der Waals surface area contributed by atoms with Crippen LogP contribution in [0.1, 0.15) is 46.4 Å². The molecule has 0 bridgehead atoms. The highest BCUT2D eigenvalue weighted by molar-refractivity contribution is 9.10. The third kappa shape index (κ3) is 2.72. The van der Waals surface area contributed by atoms with E-state index in [0.29, 0.717) is 0 Å². The Bertz CT molecular complexity index is 696. The standard InChI is InChI=1S/C18H20BrNO/c1-10-6-12(3)15(7-11(10)2)18-9-16(20)14-5-4-13(19)8-17(14)21-18/h4-8,16,18H,9,20H2,1-3H3/t16-,18?/m0/s1. The highest BCUT2D eigenvalue weighted by Gasteiger charge is 2.28. The summed E-state index contributed by atoms with van der Waals surface area (Å²) in [6.45, 7) is 6.44. The Hall–Kier alpha value is -1.32. The van der Waals surface area contributed by atoms with Crippen molar-refractivity contribution in [2.75, 3.05) is 0 Å². The number of fused-ring (bicyclic) bond motifs is 1. The van der Waals surface area contributed by atoms with Gasteiger partial charge in [0.2, 0.25) is 0 Å². The van der Waals surface area contributed by atoms with Crippen LogP contribution in [-0.4, -0.2) is 0 Å². The van der Waals surface area contributed by atoms with E-state index < -0.39 is 0 Å². The van der Waals surface area contributed by atoms with Gasteiger partial charge in [-0.1, -0.05) is 34.1 Å². The molecule has 3 rings (SSSR count). The molecule has 1 aliphatic heterocycles. The minimum atomic E-state index is 0.0212. The molecule has 1 unspecified atom stereocenters. The molecule has 0 spiro atoms. The maximum absolute atomic E-state index is 6.35. The van der Waals surface area contributed by atoms with E-state index in [1.165, 1.54) is 22.3 Å². The molecule has 21 heavy (non-hydrogen) atoms. The maximum Gasteiger partial charge on any atom is 0.126 e. The zero-order valence-electron chi connectivity index (χ0n) is 12.6. The second-order valence-electron chi connectivity index (χ2n) is 5.92. The van der Waals surface area contributed by atoms with Crippen molar-refractivity contribution in [2.45, 2.75) is 39.3 Å². The van der Waals surface area contributed by atoms with Gasteiger partial charge in [-0.3, -0.25) is 0 Å². The third-order valence-electron chi connectivity index (χ3n) is 4.34. The van der Waals surface area contributed by atoms with Gasteiger partial charge in [0.05, 0.1) is 0 Å². The number of rotatable bonds is 1. The SMILES string of the molecule is Cc1cc(C)c(C2C[C@H](N)c3ccc(Br)cc3O2)cc1C. The summed E-state index contributed by atoms with van der Waals surface area (Å²) in [5, 5.41) is 0. The van der Waals surface area contributed by atoms with Crippen LogP contribution in [0.5, 0.6) is 5.75 Å². The first-order chi connectivity index (χ1) is 9.95. The molecule has 0 fully saturated rings. The average molecular weight is 346 g/mol. The smallest absolute Gasteiger partial charge is 0.126 e. The predicted molar refractivity (Wildman–Crippen MR) is 89.7 cm³/mol. The van der Waals surface area contributed by atoms with Crippen LogP contribution in [0.2, 0.25) is 0 Å². The fourth-order valence-corrected chi connectivity index (χ4v) is 3.34. The highest BCUT2D eigenvalue weighted by Crippen LogP contribution is 2.41. The molecule has 0 radical (unpaired) electrons. The number of aryl methyl sites for hydroxylation is 3. The molecular weight excluding hydrogens is 326 g/mol. The molecule has 1 heterocycles. The minimum Gasteiger partial charge on any atom is -0.485 e. The molecule has 2 aromatic rings. The van der Waals surface area contributed by atoms with Gasteiger partial charge in [-0.15, -0.1) is 0 Å². The molecule has 0 saturated heterocycles. The first-order valence-corrected chi connectivity index (χ1v) is 8.04. The van der Waals surface area contributed by atoms with E-state index in [9.17, 15) is 0 Å². The van der Waals surface area contributed by atoms with Crippen molar-refractivity contribution in [3.05, 3.63) is 62.6 Å². The number of ether oxygens (including phenoxy) is 1.